The Kier molecular flexibility index (Phi) is 3.98. The Balaban J connectivity index is 2.11. The van der Waals surface area contributed by atoms with Gasteiger partial charge < -0.3 is 10.3 Å². The van der Waals surface area contributed by atoms with Gasteiger partial charge in [-0.15, -0.1) is 0 Å². The van der Waals surface area contributed by atoms with Gasteiger partial charge >= 0.3 is 0 Å². The predicted molar refractivity (Wildman–Crippen MR) is 74.1 cm³/mol. The number of aryl methyl sites for hydroxylation is 2. The van der Waals surface area contributed by atoms with Crippen LogP contribution >= 0.6 is 0 Å². The minimum absolute atomic E-state index is 0.137. The maximum absolute atomic E-state index is 12.8. The quantitative estimate of drug-likeness (QED) is 0.900. The Morgan fingerprint density at radius 3 is 2.50 bits per heavy atom. The summed E-state index contributed by atoms with van der Waals surface area (Å²) in [6.07, 6.45) is 0. The molecule has 0 saturated carbocycles. The lowest BCUT2D eigenvalue weighted by Crippen LogP contribution is -2.27. The number of amides is 1. The van der Waals surface area contributed by atoms with Gasteiger partial charge in [0.1, 0.15) is 5.82 Å². The standard InChI is InChI=1S/C15H15FN2O2/c1-9-7-10(2)18-15(20)13(9)8-17-14(19)11-3-5-12(16)6-4-11/h3-7H,8H2,1-2H3,(H,17,19)(H,18,20). The Labute approximate surface area is 115 Å². The van der Waals surface area contributed by atoms with Gasteiger partial charge in [-0.05, 0) is 49.7 Å². The minimum atomic E-state index is -0.396. The van der Waals surface area contributed by atoms with Crippen LogP contribution in [0.3, 0.4) is 0 Å². The molecule has 2 N–H and O–H groups in total. The number of hydrogen-bond donors (Lipinski definition) is 2. The van der Waals surface area contributed by atoms with Crippen LogP contribution in [0.15, 0.2) is 35.1 Å². The van der Waals surface area contributed by atoms with E-state index in [9.17, 15) is 14.0 Å². The van der Waals surface area contributed by atoms with Gasteiger partial charge in [0.25, 0.3) is 11.5 Å². The number of aromatic nitrogens is 1. The second-order valence-electron chi connectivity index (χ2n) is 4.63. The molecule has 0 radical (unpaired) electrons. The fourth-order valence-corrected chi connectivity index (χ4v) is 1.97. The summed E-state index contributed by atoms with van der Waals surface area (Å²) in [5.41, 5.74) is 2.27. The molecule has 5 heteroatoms. The van der Waals surface area contributed by atoms with Gasteiger partial charge in [0.15, 0.2) is 0 Å². The summed E-state index contributed by atoms with van der Waals surface area (Å²) in [5, 5.41) is 2.65. The lowest BCUT2D eigenvalue weighted by Gasteiger charge is -2.08. The molecule has 20 heavy (non-hydrogen) atoms. The number of aromatic amines is 1. The maximum atomic E-state index is 12.8. The average Bonchev–Trinajstić information content (AvgIpc) is 2.38. The third-order valence-electron chi connectivity index (χ3n) is 3.03. The van der Waals surface area contributed by atoms with Crippen LogP contribution in [0.5, 0.6) is 0 Å². The van der Waals surface area contributed by atoms with E-state index in [0.29, 0.717) is 11.1 Å². The molecular formula is C15H15FN2O2. The summed E-state index contributed by atoms with van der Waals surface area (Å²) in [6.45, 7) is 3.76. The molecule has 2 rings (SSSR count). The Morgan fingerprint density at radius 2 is 1.90 bits per heavy atom. The molecule has 104 valence electrons. The number of H-pyrrole nitrogens is 1. The first-order chi connectivity index (χ1) is 9.47. The van der Waals surface area contributed by atoms with Crippen LogP contribution in [0, 0.1) is 19.7 Å². The predicted octanol–water partition coefficient (Wildman–Crippen LogP) is 2.06. The monoisotopic (exact) mass is 274 g/mol. The molecular weight excluding hydrogens is 259 g/mol. The fourth-order valence-electron chi connectivity index (χ4n) is 1.97. The summed E-state index contributed by atoms with van der Waals surface area (Å²) in [5.74, 6) is -0.739. The fraction of sp³-hybridized carbons (Fsp3) is 0.200. The molecule has 0 aliphatic carbocycles. The van der Waals surface area contributed by atoms with Crippen molar-refractivity contribution in [1.82, 2.24) is 10.3 Å². The van der Waals surface area contributed by atoms with E-state index in [1.165, 1.54) is 24.3 Å². The van der Waals surface area contributed by atoms with Gasteiger partial charge in [-0.25, -0.2) is 4.39 Å². The first-order valence-electron chi connectivity index (χ1n) is 6.20. The van der Waals surface area contributed by atoms with Crippen molar-refractivity contribution in [3.05, 3.63) is 68.9 Å². The van der Waals surface area contributed by atoms with Crippen LogP contribution in [0.2, 0.25) is 0 Å². The Morgan fingerprint density at radius 1 is 1.25 bits per heavy atom. The molecule has 2 aromatic rings. The van der Waals surface area contributed by atoms with E-state index in [4.69, 9.17) is 0 Å². The molecule has 0 aliphatic heterocycles. The van der Waals surface area contributed by atoms with E-state index < -0.39 is 5.82 Å². The van der Waals surface area contributed by atoms with Crippen molar-refractivity contribution >= 4 is 5.91 Å². The van der Waals surface area contributed by atoms with Crippen molar-refractivity contribution in [3.8, 4) is 0 Å². The van der Waals surface area contributed by atoms with Crippen LogP contribution in [0.1, 0.15) is 27.2 Å². The molecule has 0 aliphatic rings. The van der Waals surface area contributed by atoms with E-state index in [2.05, 4.69) is 10.3 Å². The Hall–Kier alpha value is -2.43. The smallest absolute Gasteiger partial charge is 0.253 e. The summed E-state index contributed by atoms with van der Waals surface area (Å²) < 4.78 is 12.8. The molecule has 1 aromatic heterocycles. The van der Waals surface area contributed by atoms with Crippen molar-refractivity contribution in [2.45, 2.75) is 20.4 Å². The van der Waals surface area contributed by atoms with Crippen LogP contribution < -0.4 is 10.9 Å². The molecule has 4 nitrogen and oxygen atoms in total. The summed E-state index contributed by atoms with van der Waals surface area (Å²) >= 11 is 0. The number of carbonyl (C=O) groups excluding carboxylic acids is 1. The molecule has 0 bridgehead atoms. The van der Waals surface area contributed by atoms with E-state index in [-0.39, 0.29) is 18.0 Å². The number of benzene rings is 1. The summed E-state index contributed by atoms with van der Waals surface area (Å²) in [6, 6.07) is 7.09. The average molecular weight is 274 g/mol. The first-order valence-corrected chi connectivity index (χ1v) is 6.20. The summed E-state index contributed by atoms with van der Waals surface area (Å²) in [7, 11) is 0. The van der Waals surface area contributed by atoms with Crippen LogP contribution in [0.4, 0.5) is 4.39 Å². The molecule has 0 saturated heterocycles. The largest absolute Gasteiger partial charge is 0.348 e. The second kappa shape index (κ2) is 5.69. The van der Waals surface area contributed by atoms with Crippen molar-refractivity contribution in [3.63, 3.8) is 0 Å². The highest BCUT2D eigenvalue weighted by Crippen LogP contribution is 2.05. The van der Waals surface area contributed by atoms with E-state index in [1.54, 1.807) is 6.92 Å². The Bertz CT molecular complexity index is 690. The number of hydrogen-bond acceptors (Lipinski definition) is 2. The highest BCUT2D eigenvalue weighted by molar-refractivity contribution is 5.94. The van der Waals surface area contributed by atoms with Crippen molar-refractivity contribution < 1.29 is 9.18 Å². The highest BCUT2D eigenvalue weighted by Gasteiger charge is 2.09. The third kappa shape index (κ3) is 3.12. The first kappa shape index (κ1) is 14.0. The van der Waals surface area contributed by atoms with Crippen LogP contribution in [0.25, 0.3) is 0 Å². The van der Waals surface area contributed by atoms with Gasteiger partial charge in [-0.3, -0.25) is 9.59 Å². The molecule has 0 atom stereocenters. The number of carbonyl (C=O) groups is 1. The topological polar surface area (TPSA) is 62.0 Å². The molecule has 1 heterocycles. The zero-order chi connectivity index (χ0) is 14.7. The van der Waals surface area contributed by atoms with Gasteiger partial charge in [0, 0.05) is 23.4 Å². The van der Waals surface area contributed by atoms with Crippen LogP contribution in [-0.2, 0) is 6.54 Å². The van der Waals surface area contributed by atoms with Gasteiger partial charge in [-0.2, -0.15) is 0 Å². The lowest BCUT2D eigenvalue weighted by molar-refractivity contribution is 0.0950. The minimum Gasteiger partial charge on any atom is -0.348 e. The third-order valence-corrected chi connectivity index (χ3v) is 3.03. The number of nitrogens with one attached hydrogen (secondary N) is 2. The van der Waals surface area contributed by atoms with Gasteiger partial charge in [0.05, 0.1) is 0 Å². The zero-order valence-corrected chi connectivity index (χ0v) is 11.3. The molecule has 0 fully saturated rings. The van der Waals surface area contributed by atoms with Crippen molar-refractivity contribution in [2.24, 2.45) is 0 Å². The molecule has 0 unspecified atom stereocenters. The van der Waals surface area contributed by atoms with Gasteiger partial charge in [-0.1, -0.05) is 0 Å². The van der Waals surface area contributed by atoms with Crippen molar-refractivity contribution in [1.29, 1.82) is 0 Å². The second-order valence-corrected chi connectivity index (χ2v) is 4.63. The number of rotatable bonds is 3. The normalized spacial score (nSPS) is 10.3. The number of pyridine rings is 1. The zero-order valence-electron chi connectivity index (χ0n) is 11.3. The molecule has 0 spiro atoms. The number of halogens is 1. The van der Waals surface area contributed by atoms with Crippen molar-refractivity contribution in [2.75, 3.05) is 0 Å². The van der Waals surface area contributed by atoms with Crippen LogP contribution in [-0.4, -0.2) is 10.9 Å². The molecule has 1 amide bonds. The summed E-state index contributed by atoms with van der Waals surface area (Å²) in [4.78, 5) is 26.4. The van der Waals surface area contributed by atoms with Gasteiger partial charge in [0.2, 0.25) is 0 Å². The van der Waals surface area contributed by atoms with E-state index in [0.717, 1.165) is 11.3 Å². The van der Waals surface area contributed by atoms with E-state index in [1.807, 2.05) is 13.0 Å². The highest BCUT2D eigenvalue weighted by atomic mass is 19.1. The lowest BCUT2D eigenvalue weighted by atomic mass is 10.1. The molecule has 1 aromatic carbocycles. The maximum Gasteiger partial charge on any atom is 0.253 e. The van der Waals surface area contributed by atoms with E-state index >= 15 is 0 Å². The SMILES string of the molecule is Cc1cc(C)c(CNC(=O)c2ccc(F)cc2)c(=O)[nH]1.